The van der Waals surface area contributed by atoms with Gasteiger partial charge in [-0.3, -0.25) is 9.78 Å². The van der Waals surface area contributed by atoms with E-state index in [4.69, 9.17) is 4.74 Å². The number of amides is 1. The van der Waals surface area contributed by atoms with Crippen molar-refractivity contribution in [3.8, 4) is 0 Å². The summed E-state index contributed by atoms with van der Waals surface area (Å²) in [5, 5.41) is 8.40. The fraction of sp³-hybridized carbons (Fsp3) is 0.444. The molecule has 1 amide bonds. The Morgan fingerprint density at radius 2 is 2.00 bits per heavy atom. The third-order valence-electron chi connectivity index (χ3n) is 4.78. The molecule has 0 bridgehead atoms. The third-order valence-corrected chi connectivity index (χ3v) is 4.78. The zero-order chi connectivity index (χ0) is 16.4. The molecule has 1 aromatic carbocycles. The summed E-state index contributed by atoms with van der Waals surface area (Å²) in [5.41, 5.74) is 2.00. The van der Waals surface area contributed by atoms with Crippen LogP contribution >= 0.6 is 24.8 Å². The van der Waals surface area contributed by atoms with Crippen molar-refractivity contribution in [3.63, 3.8) is 0 Å². The highest BCUT2D eigenvalue weighted by Crippen LogP contribution is 2.32. The highest BCUT2D eigenvalue weighted by atomic mass is 35.5. The summed E-state index contributed by atoms with van der Waals surface area (Å²) in [6.45, 7) is 4.18. The van der Waals surface area contributed by atoms with Gasteiger partial charge in [0.25, 0.3) is 0 Å². The average Bonchev–Trinajstić information content (AvgIpc) is 3.17. The number of fused-ring (bicyclic) bond motifs is 1. The van der Waals surface area contributed by atoms with Crippen molar-refractivity contribution in [2.24, 2.45) is 0 Å². The average molecular weight is 399 g/mol. The summed E-state index contributed by atoms with van der Waals surface area (Å²) in [6.07, 6.45) is 5.58. The monoisotopic (exact) mass is 398 g/mol. The van der Waals surface area contributed by atoms with Crippen molar-refractivity contribution >= 4 is 52.9 Å². The van der Waals surface area contributed by atoms with Crippen molar-refractivity contribution < 1.29 is 9.53 Å². The van der Waals surface area contributed by atoms with E-state index < -0.39 is 0 Å². The van der Waals surface area contributed by atoms with Crippen LogP contribution in [0, 0.1) is 0 Å². The van der Waals surface area contributed by atoms with E-state index in [0.29, 0.717) is 0 Å². The Morgan fingerprint density at radius 3 is 2.73 bits per heavy atom. The first-order valence-electron chi connectivity index (χ1n) is 8.56. The van der Waals surface area contributed by atoms with Gasteiger partial charge in [0, 0.05) is 41.9 Å². The molecule has 0 spiro atoms. The SMILES string of the molecule is Cl.Cl.O=C(Nc1ccc(N2CCOCC2)c2ccncc12)C1CCCN1. The second-order valence-corrected chi connectivity index (χ2v) is 6.29. The fourth-order valence-electron chi connectivity index (χ4n) is 3.49. The van der Waals surface area contributed by atoms with Crippen LogP contribution < -0.4 is 15.5 Å². The van der Waals surface area contributed by atoms with Gasteiger partial charge in [0.1, 0.15) is 0 Å². The van der Waals surface area contributed by atoms with E-state index in [9.17, 15) is 4.79 Å². The highest BCUT2D eigenvalue weighted by molar-refractivity contribution is 6.07. The molecule has 2 aliphatic rings. The Bertz CT molecular complexity index is 747. The van der Waals surface area contributed by atoms with E-state index in [2.05, 4.69) is 26.6 Å². The first kappa shape index (κ1) is 20.7. The molecular formula is C18H24Cl2N4O2. The van der Waals surface area contributed by atoms with Crippen LogP contribution in [0.1, 0.15) is 12.8 Å². The maximum absolute atomic E-state index is 12.4. The summed E-state index contributed by atoms with van der Waals surface area (Å²) in [5.74, 6) is 0.0387. The molecule has 1 atom stereocenters. The topological polar surface area (TPSA) is 66.5 Å². The quantitative estimate of drug-likeness (QED) is 0.831. The van der Waals surface area contributed by atoms with Crippen molar-refractivity contribution in [1.82, 2.24) is 10.3 Å². The number of nitrogens with one attached hydrogen (secondary N) is 2. The van der Waals surface area contributed by atoms with Crippen LogP contribution in [0.3, 0.4) is 0 Å². The van der Waals surface area contributed by atoms with Crippen LogP contribution in [0.2, 0.25) is 0 Å². The number of anilines is 2. The lowest BCUT2D eigenvalue weighted by atomic mass is 10.1. The molecule has 6 nitrogen and oxygen atoms in total. The van der Waals surface area contributed by atoms with Crippen LogP contribution in [0.25, 0.3) is 10.8 Å². The molecule has 142 valence electrons. The lowest BCUT2D eigenvalue weighted by Gasteiger charge is -2.30. The number of pyridine rings is 1. The number of aromatic nitrogens is 1. The third kappa shape index (κ3) is 4.20. The first-order valence-corrected chi connectivity index (χ1v) is 8.56. The highest BCUT2D eigenvalue weighted by Gasteiger charge is 2.23. The van der Waals surface area contributed by atoms with E-state index in [1.807, 2.05) is 18.3 Å². The fourth-order valence-corrected chi connectivity index (χ4v) is 3.49. The molecular weight excluding hydrogens is 375 g/mol. The molecule has 3 heterocycles. The number of carbonyl (C=O) groups excluding carboxylic acids is 1. The summed E-state index contributed by atoms with van der Waals surface area (Å²) in [6, 6.07) is 6.01. The summed E-state index contributed by atoms with van der Waals surface area (Å²) in [7, 11) is 0. The Hall–Kier alpha value is -1.60. The van der Waals surface area contributed by atoms with Gasteiger partial charge in [-0.05, 0) is 37.6 Å². The summed E-state index contributed by atoms with van der Waals surface area (Å²) < 4.78 is 5.45. The number of benzene rings is 1. The number of hydrogen-bond donors (Lipinski definition) is 2. The molecule has 0 saturated carbocycles. The predicted molar refractivity (Wildman–Crippen MR) is 109 cm³/mol. The maximum Gasteiger partial charge on any atom is 0.241 e. The molecule has 8 heteroatoms. The van der Waals surface area contributed by atoms with Gasteiger partial charge >= 0.3 is 0 Å². The number of morpholine rings is 1. The normalized spacial score (nSPS) is 19.5. The Morgan fingerprint density at radius 1 is 1.19 bits per heavy atom. The van der Waals surface area contributed by atoms with Crippen molar-refractivity contribution in [1.29, 1.82) is 0 Å². The second kappa shape index (κ2) is 9.37. The van der Waals surface area contributed by atoms with Crippen LogP contribution in [0.5, 0.6) is 0 Å². The Kier molecular flexibility index (Phi) is 7.46. The van der Waals surface area contributed by atoms with Gasteiger partial charge in [-0.15, -0.1) is 24.8 Å². The van der Waals surface area contributed by atoms with Crippen LogP contribution in [0.15, 0.2) is 30.6 Å². The van der Waals surface area contributed by atoms with Crippen molar-refractivity contribution in [2.75, 3.05) is 43.1 Å². The van der Waals surface area contributed by atoms with Crippen LogP contribution in [-0.2, 0) is 9.53 Å². The van der Waals surface area contributed by atoms with Crippen LogP contribution in [-0.4, -0.2) is 49.8 Å². The van der Waals surface area contributed by atoms with Gasteiger partial charge in [0.15, 0.2) is 0 Å². The lowest BCUT2D eigenvalue weighted by Crippen LogP contribution is -2.36. The molecule has 2 aliphatic heterocycles. The predicted octanol–water partition coefficient (Wildman–Crippen LogP) is 2.61. The minimum atomic E-state index is -0.0874. The minimum absolute atomic E-state index is 0. The second-order valence-electron chi connectivity index (χ2n) is 6.29. The molecule has 0 radical (unpaired) electrons. The van der Waals surface area contributed by atoms with E-state index in [1.165, 1.54) is 5.69 Å². The largest absolute Gasteiger partial charge is 0.378 e. The van der Waals surface area contributed by atoms with Gasteiger partial charge in [-0.1, -0.05) is 0 Å². The molecule has 26 heavy (non-hydrogen) atoms. The Labute approximate surface area is 165 Å². The molecule has 0 aliphatic carbocycles. The molecule has 4 rings (SSSR count). The van der Waals surface area contributed by atoms with E-state index in [0.717, 1.165) is 62.1 Å². The summed E-state index contributed by atoms with van der Waals surface area (Å²) in [4.78, 5) is 19.0. The lowest BCUT2D eigenvalue weighted by molar-refractivity contribution is -0.117. The molecule has 2 aromatic rings. The number of hydrogen-bond acceptors (Lipinski definition) is 5. The van der Waals surface area contributed by atoms with Gasteiger partial charge in [0.05, 0.1) is 24.9 Å². The number of rotatable bonds is 3. The Balaban J connectivity index is 0.00000121. The van der Waals surface area contributed by atoms with Crippen LogP contribution in [0.4, 0.5) is 11.4 Å². The zero-order valence-electron chi connectivity index (χ0n) is 14.4. The first-order chi connectivity index (χ1) is 11.8. The molecule has 2 N–H and O–H groups in total. The van der Waals surface area contributed by atoms with Gasteiger partial charge < -0.3 is 20.3 Å². The molecule has 1 unspecified atom stereocenters. The summed E-state index contributed by atoms with van der Waals surface area (Å²) >= 11 is 0. The molecule has 1 aromatic heterocycles. The van der Waals surface area contributed by atoms with E-state index >= 15 is 0 Å². The van der Waals surface area contributed by atoms with Gasteiger partial charge in [0.2, 0.25) is 5.91 Å². The number of nitrogens with zero attached hydrogens (tertiary/aromatic N) is 2. The molecule has 2 saturated heterocycles. The standard InChI is InChI=1S/C18H22N4O2.2ClH/c23-18(16-2-1-6-20-16)21-15-3-4-17(22-8-10-24-11-9-22)13-5-7-19-12-14(13)15;;/h3-5,7,12,16,20H,1-2,6,8-11H2,(H,21,23);2*1H. The van der Waals surface area contributed by atoms with Crippen molar-refractivity contribution in [2.45, 2.75) is 18.9 Å². The van der Waals surface area contributed by atoms with Crippen molar-refractivity contribution in [3.05, 3.63) is 30.6 Å². The van der Waals surface area contributed by atoms with E-state index in [1.54, 1.807) is 6.20 Å². The zero-order valence-corrected chi connectivity index (χ0v) is 16.1. The smallest absolute Gasteiger partial charge is 0.241 e. The maximum atomic E-state index is 12.4. The number of halogens is 2. The van der Waals surface area contributed by atoms with E-state index in [-0.39, 0.29) is 36.8 Å². The molecule has 2 fully saturated rings. The number of carbonyl (C=O) groups is 1. The minimum Gasteiger partial charge on any atom is -0.378 e. The van der Waals surface area contributed by atoms with Gasteiger partial charge in [-0.2, -0.15) is 0 Å². The number of ether oxygens (including phenoxy) is 1. The van der Waals surface area contributed by atoms with Gasteiger partial charge in [-0.25, -0.2) is 0 Å².